The predicted octanol–water partition coefficient (Wildman–Crippen LogP) is 2.38. The van der Waals surface area contributed by atoms with Crippen molar-refractivity contribution >= 4 is 0 Å². The molecular formula is C11H12F2O2. The van der Waals surface area contributed by atoms with Crippen LogP contribution in [0.5, 0.6) is 5.75 Å². The SMILES string of the molecule is COc1ccc(CC(CO)=C(F)F)cc1. The van der Waals surface area contributed by atoms with Gasteiger partial charge in [-0.2, -0.15) is 8.78 Å². The largest absolute Gasteiger partial charge is 0.497 e. The Morgan fingerprint density at radius 1 is 1.27 bits per heavy atom. The number of hydrogen-bond acceptors (Lipinski definition) is 2. The lowest BCUT2D eigenvalue weighted by atomic mass is 10.1. The van der Waals surface area contributed by atoms with E-state index in [0.717, 1.165) is 0 Å². The molecule has 2 nitrogen and oxygen atoms in total. The van der Waals surface area contributed by atoms with E-state index in [1.807, 2.05) is 0 Å². The first-order valence-electron chi connectivity index (χ1n) is 4.44. The fourth-order valence-corrected chi connectivity index (χ4v) is 1.17. The summed E-state index contributed by atoms with van der Waals surface area (Å²) >= 11 is 0. The minimum atomic E-state index is -1.81. The first-order chi connectivity index (χ1) is 7.17. The van der Waals surface area contributed by atoms with E-state index in [2.05, 4.69) is 0 Å². The van der Waals surface area contributed by atoms with Gasteiger partial charge in [-0.25, -0.2) is 0 Å². The molecule has 1 aromatic rings. The van der Waals surface area contributed by atoms with Crippen LogP contribution in [0, 0.1) is 0 Å². The number of methoxy groups -OCH3 is 1. The van der Waals surface area contributed by atoms with Gasteiger partial charge in [-0.15, -0.1) is 0 Å². The molecule has 0 amide bonds. The monoisotopic (exact) mass is 214 g/mol. The molecule has 82 valence electrons. The smallest absolute Gasteiger partial charge is 0.272 e. The molecule has 0 saturated carbocycles. The number of aliphatic hydroxyl groups excluding tert-OH is 1. The van der Waals surface area contributed by atoms with E-state index in [1.165, 1.54) is 7.11 Å². The fraction of sp³-hybridized carbons (Fsp3) is 0.273. The molecule has 0 fully saturated rings. The quantitative estimate of drug-likeness (QED) is 0.833. The Hall–Kier alpha value is -1.42. The van der Waals surface area contributed by atoms with E-state index in [1.54, 1.807) is 24.3 Å². The maximum Gasteiger partial charge on any atom is 0.272 e. The predicted molar refractivity (Wildman–Crippen MR) is 53.0 cm³/mol. The summed E-state index contributed by atoms with van der Waals surface area (Å²) in [5.74, 6) is 0.675. The van der Waals surface area contributed by atoms with E-state index >= 15 is 0 Å². The van der Waals surface area contributed by atoms with Gasteiger partial charge in [0.1, 0.15) is 5.75 Å². The molecule has 0 aliphatic rings. The van der Waals surface area contributed by atoms with Gasteiger partial charge in [-0.1, -0.05) is 12.1 Å². The molecule has 0 heterocycles. The van der Waals surface area contributed by atoms with Crippen molar-refractivity contribution in [1.82, 2.24) is 0 Å². The van der Waals surface area contributed by atoms with Crippen molar-refractivity contribution in [2.45, 2.75) is 6.42 Å². The summed E-state index contributed by atoms with van der Waals surface area (Å²) in [7, 11) is 1.54. The molecule has 1 N–H and O–H groups in total. The van der Waals surface area contributed by atoms with E-state index < -0.39 is 12.7 Å². The van der Waals surface area contributed by atoms with Crippen molar-refractivity contribution in [2.24, 2.45) is 0 Å². The minimum absolute atomic E-state index is 0.0584. The molecule has 0 aromatic heterocycles. The number of rotatable bonds is 4. The van der Waals surface area contributed by atoms with Crippen molar-refractivity contribution < 1.29 is 18.6 Å². The Kier molecular flexibility index (Phi) is 4.24. The van der Waals surface area contributed by atoms with Crippen LogP contribution in [0.2, 0.25) is 0 Å². The highest BCUT2D eigenvalue weighted by Gasteiger charge is 2.06. The molecule has 0 radical (unpaired) electrons. The zero-order valence-electron chi connectivity index (χ0n) is 8.34. The third-order valence-corrected chi connectivity index (χ3v) is 2.03. The first-order valence-corrected chi connectivity index (χ1v) is 4.44. The second-order valence-corrected chi connectivity index (χ2v) is 3.05. The standard InChI is InChI=1S/C11H12F2O2/c1-15-10-4-2-8(3-5-10)6-9(7-14)11(12)13/h2-5,14H,6-7H2,1H3. The van der Waals surface area contributed by atoms with Crippen molar-refractivity contribution in [3.63, 3.8) is 0 Å². The Labute approximate surface area is 86.8 Å². The third kappa shape index (κ3) is 3.32. The van der Waals surface area contributed by atoms with Gasteiger partial charge in [0.25, 0.3) is 6.08 Å². The van der Waals surface area contributed by atoms with Crippen LogP contribution in [0.25, 0.3) is 0 Å². The van der Waals surface area contributed by atoms with Gasteiger partial charge in [0.15, 0.2) is 0 Å². The van der Waals surface area contributed by atoms with Crippen molar-refractivity contribution in [2.75, 3.05) is 13.7 Å². The summed E-state index contributed by atoms with van der Waals surface area (Å²) in [6.45, 7) is -0.617. The number of ether oxygens (including phenoxy) is 1. The maximum absolute atomic E-state index is 12.2. The molecule has 0 bridgehead atoms. The Bertz CT molecular complexity index is 340. The summed E-state index contributed by atoms with van der Waals surface area (Å²) in [6.07, 6.45) is -1.75. The Morgan fingerprint density at radius 3 is 2.27 bits per heavy atom. The van der Waals surface area contributed by atoms with Gasteiger partial charge < -0.3 is 9.84 Å². The highest BCUT2D eigenvalue weighted by atomic mass is 19.3. The molecule has 0 unspecified atom stereocenters. The summed E-state index contributed by atoms with van der Waals surface area (Å²) in [4.78, 5) is 0. The van der Waals surface area contributed by atoms with E-state index in [0.29, 0.717) is 11.3 Å². The molecular weight excluding hydrogens is 202 g/mol. The Morgan fingerprint density at radius 2 is 1.87 bits per heavy atom. The first kappa shape index (κ1) is 11.7. The van der Waals surface area contributed by atoms with Crippen molar-refractivity contribution in [3.05, 3.63) is 41.5 Å². The maximum atomic E-state index is 12.2. The fourth-order valence-electron chi connectivity index (χ4n) is 1.17. The van der Waals surface area contributed by atoms with Gasteiger partial charge in [-0.3, -0.25) is 0 Å². The summed E-state index contributed by atoms with van der Waals surface area (Å²) < 4.78 is 29.4. The lowest BCUT2D eigenvalue weighted by Crippen LogP contribution is -1.97. The zero-order valence-corrected chi connectivity index (χ0v) is 8.34. The molecule has 0 saturated heterocycles. The third-order valence-electron chi connectivity index (χ3n) is 2.03. The van der Waals surface area contributed by atoms with E-state index in [9.17, 15) is 8.78 Å². The van der Waals surface area contributed by atoms with Gasteiger partial charge >= 0.3 is 0 Å². The van der Waals surface area contributed by atoms with Crippen LogP contribution in [0.1, 0.15) is 5.56 Å². The minimum Gasteiger partial charge on any atom is -0.497 e. The molecule has 4 heteroatoms. The number of benzene rings is 1. The average molecular weight is 214 g/mol. The second-order valence-electron chi connectivity index (χ2n) is 3.05. The van der Waals surface area contributed by atoms with Gasteiger partial charge in [0.05, 0.1) is 13.7 Å². The van der Waals surface area contributed by atoms with Crippen LogP contribution in [-0.2, 0) is 6.42 Å². The van der Waals surface area contributed by atoms with E-state index in [4.69, 9.17) is 9.84 Å². The molecule has 1 aromatic carbocycles. The van der Waals surface area contributed by atoms with Crippen LogP contribution in [0.15, 0.2) is 35.9 Å². The van der Waals surface area contributed by atoms with E-state index in [-0.39, 0.29) is 12.0 Å². The molecule has 0 aliphatic carbocycles. The zero-order chi connectivity index (χ0) is 11.3. The summed E-state index contributed by atoms with van der Waals surface area (Å²) in [5.41, 5.74) is 0.466. The Balaban J connectivity index is 2.77. The molecule has 0 spiro atoms. The number of aliphatic hydroxyl groups is 1. The highest BCUT2D eigenvalue weighted by molar-refractivity contribution is 5.30. The topological polar surface area (TPSA) is 29.5 Å². The van der Waals surface area contributed by atoms with Gasteiger partial charge in [0.2, 0.25) is 0 Å². The summed E-state index contributed by atoms with van der Waals surface area (Å²) in [5, 5.41) is 8.70. The lowest BCUT2D eigenvalue weighted by Gasteiger charge is -2.04. The summed E-state index contributed by atoms with van der Waals surface area (Å²) in [6, 6.07) is 6.77. The van der Waals surface area contributed by atoms with Crippen molar-refractivity contribution in [1.29, 1.82) is 0 Å². The van der Waals surface area contributed by atoms with Gasteiger partial charge in [0, 0.05) is 12.0 Å². The van der Waals surface area contributed by atoms with Gasteiger partial charge in [-0.05, 0) is 17.7 Å². The lowest BCUT2D eigenvalue weighted by molar-refractivity contribution is 0.307. The second kappa shape index (κ2) is 5.46. The molecule has 15 heavy (non-hydrogen) atoms. The normalized spacial score (nSPS) is 9.87. The average Bonchev–Trinajstić information content (AvgIpc) is 2.26. The number of hydrogen-bond donors (Lipinski definition) is 1. The highest BCUT2D eigenvalue weighted by Crippen LogP contribution is 2.17. The molecule has 1 rings (SSSR count). The molecule has 0 aliphatic heterocycles. The van der Waals surface area contributed by atoms with Crippen molar-refractivity contribution in [3.8, 4) is 5.75 Å². The number of halogens is 2. The van der Waals surface area contributed by atoms with Crippen LogP contribution in [0.3, 0.4) is 0 Å². The van der Waals surface area contributed by atoms with Crippen LogP contribution < -0.4 is 4.74 Å². The molecule has 0 atom stereocenters. The van der Waals surface area contributed by atoms with Crippen LogP contribution in [0.4, 0.5) is 8.78 Å². The van der Waals surface area contributed by atoms with Crippen LogP contribution in [-0.4, -0.2) is 18.8 Å². The van der Waals surface area contributed by atoms with Crippen LogP contribution >= 0.6 is 0 Å².